The Morgan fingerprint density at radius 1 is 0.750 bits per heavy atom. The molecule has 0 aliphatic rings. The number of rotatable bonds is 0. The van der Waals surface area contributed by atoms with Crippen molar-refractivity contribution >= 4 is 74.5 Å². The molecule has 4 heteroatoms. The van der Waals surface area contributed by atoms with Gasteiger partial charge < -0.3 is 0 Å². The summed E-state index contributed by atoms with van der Waals surface area (Å²) in [5.41, 5.74) is 2.55. The largest absolute Gasteiger partial charge is 0.0520 e. The van der Waals surface area contributed by atoms with E-state index in [-0.39, 0.29) is 0 Å². The van der Waals surface area contributed by atoms with Crippen molar-refractivity contribution in [3.05, 3.63) is 41.2 Å². The van der Waals surface area contributed by atoms with Crippen molar-refractivity contribution in [2.75, 3.05) is 0 Å². The predicted molar refractivity (Wildman–Crippen MR) is 84.2 cm³/mol. The minimum Gasteiger partial charge on any atom is -0.0520 e. The fourth-order valence-corrected chi connectivity index (χ4v) is 3.85. The standard InChI is InChI=1S/C12H8Br4/c1-5-6(2)10(14)11(15)7-3-4-8(13)12(16)9(5)7/h3-4H,1-2H3. The monoisotopic (exact) mass is 468 g/mol. The first-order chi connectivity index (χ1) is 7.45. The van der Waals surface area contributed by atoms with Gasteiger partial charge in [-0.2, -0.15) is 0 Å². The van der Waals surface area contributed by atoms with Crippen LogP contribution in [0.5, 0.6) is 0 Å². The third kappa shape index (κ3) is 1.92. The molecule has 84 valence electrons. The molecule has 0 heterocycles. The molecule has 0 bridgehead atoms. The molecule has 0 aliphatic carbocycles. The van der Waals surface area contributed by atoms with Crippen LogP contribution >= 0.6 is 63.7 Å². The molecule has 0 N–H and O–H groups in total. The summed E-state index contributed by atoms with van der Waals surface area (Å²) in [7, 11) is 0. The maximum absolute atomic E-state index is 3.64. The predicted octanol–water partition coefficient (Wildman–Crippen LogP) is 6.51. The molecule has 0 radical (unpaired) electrons. The van der Waals surface area contributed by atoms with Crippen molar-refractivity contribution < 1.29 is 0 Å². The number of hydrogen-bond acceptors (Lipinski definition) is 0. The smallest absolute Gasteiger partial charge is 0.0399 e. The van der Waals surface area contributed by atoms with E-state index in [1.54, 1.807) is 0 Å². The van der Waals surface area contributed by atoms with E-state index < -0.39 is 0 Å². The zero-order chi connectivity index (χ0) is 12.0. The number of benzene rings is 2. The highest BCUT2D eigenvalue weighted by molar-refractivity contribution is 9.13. The highest BCUT2D eigenvalue weighted by atomic mass is 79.9. The van der Waals surface area contributed by atoms with Gasteiger partial charge in [-0.1, -0.05) is 6.07 Å². The molecule has 16 heavy (non-hydrogen) atoms. The van der Waals surface area contributed by atoms with E-state index in [0.717, 1.165) is 17.9 Å². The average Bonchev–Trinajstić information content (AvgIpc) is 2.27. The molecule has 0 nitrogen and oxygen atoms in total. The van der Waals surface area contributed by atoms with E-state index in [1.807, 2.05) is 0 Å². The molecular formula is C12H8Br4. The van der Waals surface area contributed by atoms with Gasteiger partial charge in [-0.05, 0) is 100 Å². The van der Waals surface area contributed by atoms with Gasteiger partial charge in [-0.25, -0.2) is 0 Å². The van der Waals surface area contributed by atoms with Gasteiger partial charge in [0, 0.05) is 23.3 Å². The van der Waals surface area contributed by atoms with Crippen LogP contribution in [-0.4, -0.2) is 0 Å². The number of fused-ring (bicyclic) bond motifs is 1. The molecule has 0 amide bonds. The molecule has 2 aromatic carbocycles. The van der Waals surface area contributed by atoms with Crippen LogP contribution < -0.4 is 0 Å². The second kappa shape index (κ2) is 4.71. The van der Waals surface area contributed by atoms with Crippen LogP contribution in [0.2, 0.25) is 0 Å². The van der Waals surface area contributed by atoms with Gasteiger partial charge in [0.2, 0.25) is 0 Å². The summed E-state index contributed by atoms with van der Waals surface area (Å²) in [5.74, 6) is 0. The summed E-state index contributed by atoms with van der Waals surface area (Å²) < 4.78 is 4.43. The Kier molecular flexibility index (Phi) is 3.85. The molecule has 0 spiro atoms. The van der Waals surface area contributed by atoms with Crippen LogP contribution in [-0.2, 0) is 0 Å². The molecule has 0 saturated heterocycles. The summed E-state index contributed by atoms with van der Waals surface area (Å²) in [6.45, 7) is 4.27. The fourth-order valence-electron chi connectivity index (χ4n) is 1.74. The zero-order valence-electron chi connectivity index (χ0n) is 8.67. The second-order valence-corrected chi connectivity index (χ2v) is 6.90. The van der Waals surface area contributed by atoms with Gasteiger partial charge in [0.25, 0.3) is 0 Å². The van der Waals surface area contributed by atoms with Crippen LogP contribution in [0, 0.1) is 13.8 Å². The summed E-state index contributed by atoms with van der Waals surface area (Å²) in [4.78, 5) is 0. The number of hydrogen-bond donors (Lipinski definition) is 0. The molecule has 0 saturated carbocycles. The van der Waals surface area contributed by atoms with Crippen molar-refractivity contribution in [1.29, 1.82) is 0 Å². The number of halogens is 4. The lowest BCUT2D eigenvalue weighted by Gasteiger charge is -2.13. The Hall–Kier alpha value is 0.620. The molecule has 0 aromatic heterocycles. The summed E-state index contributed by atoms with van der Waals surface area (Å²) >= 11 is 14.4. The minimum absolute atomic E-state index is 1.08. The molecule has 0 unspecified atom stereocenters. The van der Waals surface area contributed by atoms with Crippen LogP contribution in [0.4, 0.5) is 0 Å². The summed E-state index contributed by atoms with van der Waals surface area (Å²) in [6.07, 6.45) is 0. The average molecular weight is 472 g/mol. The normalized spacial score (nSPS) is 11.1. The van der Waals surface area contributed by atoms with Gasteiger partial charge in [-0.15, -0.1) is 0 Å². The lowest BCUT2D eigenvalue weighted by Crippen LogP contribution is -1.90. The maximum Gasteiger partial charge on any atom is 0.0399 e. The van der Waals surface area contributed by atoms with Crippen molar-refractivity contribution in [2.45, 2.75) is 13.8 Å². The Morgan fingerprint density at radius 2 is 1.38 bits per heavy atom. The van der Waals surface area contributed by atoms with Crippen molar-refractivity contribution in [3.63, 3.8) is 0 Å². The van der Waals surface area contributed by atoms with Gasteiger partial charge in [0.1, 0.15) is 0 Å². The molecule has 0 aliphatic heterocycles. The van der Waals surface area contributed by atoms with Crippen molar-refractivity contribution in [2.24, 2.45) is 0 Å². The Labute approximate surface area is 128 Å². The SMILES string of the molecule is Cc1c(Br)c(Br)c2ccc(Br)c(Br)c2c1C. The molecular weight excluding hydrogens is 464 g/mol. The lowest BCUT2D eigenvalue weighted by atomic mass is 10.0. The lowest BCUT2D eigenvalue weighted by molar-refractivity contribution is 1.33. The van der Waals surface area contributed by atoms with Crippen LogP contribution in [0.1, 0.15) is 11.1 Å². The highest BCUT2D eigenvalue weighted by Crippen LogP contribution is 2.42. The third-order valence-corrected chi connectivity index (χ3v) is 7.15. The number of aryl methyl sites for hydroxylation is 1. The Bertz CT molecular complexity index is 588. The minimum atomic E-state index is 1.08. The van der Waals surface area contributed by atoms with Crippen LogP contribution in [0.15, 0.2) is 30.0 Å². The van der Waals surface area contributed by atoms with Crippen molar-refractivity contribution in [1.82, 2.24) is 0 Å². The van der Waals surface area contributed by atoms with E-state index in [1.165, 1.54) is 21.9 Å². The first-order valence-electron chi connectivity index (χ1n) is 4.67. The van der Waals surface area contributed by atoms with E-state index in [9.17, 15) is 0 Å². The summed E-state index contributed by atoms with van der Waals surface area (Å²) in [5, 5.41) is 2.46. The first kappa shape index (κ1) is 13.1. The summed E-state index contributed by atoms with van der Waals surface area (Å²) in [6, 6.07) is 4.17. The van der Waals surface area contributed by atoms with Gasteiger partial charge in [0.05, 0.1) is 0 Å². The maximum atomic E-state index is 3.64. The molecule has 0 atom stereocenters. The van der Waals surface area contributed by atoms with E-state index in [4.69, 9.17) is 0 Å². The van der Waals surface area contributed by atoms with Gasteiger partial charge >= 0.3 is 0 Å². The molecule has 2 aromatic rings. The Morgan fingerprint density at radius 3 is 2.00 bits per heavy atom. The van der Waals surface area contributed by atoms with Gasteiger partial charge in [-0.3, -0.25) is 0 Å². The molecule has 2 rings (SSSR count). The van der Waals surface area contributed by atoms with E-state index in [0.29, 0.717) is 0 Å². The van der Waals surface area contributed by atoms with E-state index >= 15 is 0 Å². The fraction of sp³-hybridized carbons (Fsp3) is 0.167. The third-order valence-electron chi connectivity index (χ3n) is 2.79. The van der Waals surface area contributed by atoms with Crippen LogP contribution in [0.25, 0.3) is 10.8 Å². The second-order valence-electron chi connectivity index (χ2n) is 3.66. The Balaban J connectivity index is 3.09. The molecule has 0 fully saturated rings. The van der Waals surface area contributed by atoms with Crippen LogP contribution in [0.3, 0.4) is 0 Å². The van der Waals surface area contributed by atoms with Crippen molar-refractivity contribution in [3.8, 4) is 0 Å². The highest BCUT2D eigenvalue weighted by Gasteiger charge is 2.14. The van der Waals surface area contributed by atoms with E-state index in [2.05, 4.69) is 89.7 Å². The first-order valence-corrected chi connectivity index (χ1v) is 7.84. The topological polar surface area (TPSA) is 0 Å². The zero-order valence-corrected chi connectivity index (χ0v) is 15.0. The quantitative estimate of drug-likeness (QED) is 0.411. The van der Waals surface area contributed by atoms with Gasteiger partial charge in [0.15, 0.2) is 0 Å².